The fraction of sp³-hybridized carbons (Fsp3) is 0.500. The summed E-state index contributed by atoms with van der Waals surface area (Å²) in [6.07, 6.45) is 4.71. The van der Waals surface area contributed by atoms with Gasteiger partial charge in [0.25, 0.3) is 0 Å². The topological polar surface area (TPSA) is 21.7 Å². The minimum Gasteiger partial charge on any atom is -0.465 e. The van der Waals surface area contributed by atoms with Gasteiger partial charge in [-0.15, -0.1) is 0 Å². The quantitative estimate of drug-likeness (QED) is 0.797. The molecule has 0 spiro atoms. The van der Waals surface area contributed by atoms with Crippen LogP contribution in [0.3, 0.4) is 0 Å². The van der Waals surface area contributed by atoms with Crippen LogP contribution in [0.15, 0.2) is 29.8 Å². The van der Waals surface area contributed by atoms with Gasteiger partial charge in [-0.05, 0) is 37.0 Å². The molecule has 0 saturated carbocycles. The van der Waals surface area contributed by atoms with E-state index in [1.54, 1.807) is 0 Å². The van der Waals surface area contributed by atoms with Crippen molar-refractivity contribution in [3.05, 3.63) is 41.5 Å². The molecule has 1 aliphatic heterocycles. The van der Waals surface area contributed by atoms with Gasteiger partial charge in [0.2, 0.25) is 0 Å². The summed E-state index contributed by atoms with van der Waals surface area (Å²) < 4.78 is 38.8. The zero-order valence-electron chi connectivity index (χ0n) is 11.9. The Bertz CT molecular complexity index is 507. The first kappa shape index (κ1) is 14.5. The fourth-order valence-corrected chi connectivity index (χ4v) is 2.82. The first-order valence-electron chi connectivity index (χ1n) is 7.37. The number of hydrogen-bond donors (Lipinski definition) is 0. The summed E-state index contributed by atoms with van der Waals surface area (Å²) in [6, 6.07) is 3.78. The molecule has 2 aliphatic rings. The van der Waals surface area contributed by atoms with E-state index < -0.39 is 17.9 Å². The molecule has 0 unspecified atom stereocenters. The van der Waals surface area contributed by atoms with Crippen molar-refractivity contribution in [3.8, 4) is 5.75 Å². The number of rotatable bonds is 4. The van der Waals surface area contributed by atoms with Gasteiger partial charge in [-0.1, -0.05) is 12.1 Å². The lowest BCUT2D eigenvalue weighted by Gasteiger charge is -2.35. The Morgan fingerprint density at radius 3 is 2.48 bits per heavy atom. The van der Waals surface area contributed by atoms with Gasteiger partial charge in [0.15, 0.2) is 23.6 Å². The van der Waals surface area contributed by atoms with Crippen LogP contribution in [0, 0.1) is 11.6 Å². The minimum atomic E-state index is -0.660. The summed E-state index contributed by atoms with van der Waals surface area (Å²) in [5.41, 5.74) is 1.11. The second kappa shape index (κ2) is 6.54. The maximum atomic E-state index is 13.8. The average molecular weight is 295 g/mol. The number of nitrogens with zero attached hydrogens (tertiary/aromatic N) is 1. The van der Waals surface area contributed by atoms with E-state index in [4.69, 9.17) is 9.47 Å². The average Bonchev–Trinajstić information content (AvgIpc) is 3.02. The lowest BCUT2D eigenvalue weighted by molar-refractivity contribution is -0.0329. The molecule has 0 amide bonds. The molecule has 1 heterocycles. The Morgan fingerprint density at radius 1 is 1.14 bits per heavy atom. The van der Waals surface area contributed by atoms with Gasteiger partial charge >= 0.3 is 0 Å². The molecule has 3 nitrogen and oxygen atoms in total. The third-order valence-electron chi connectivity index (χ3n) is 3.92. The van der Waals surface area contributed by atoms with Crippen LogP contribution < -0.4 is 4.74 Å². The van der Waals surface area contributed by atoms with Gasteiger partial charge in [-0.3, -0.25) is 4.90 Å². The molecule has 1 aromatic carbocycles. The number of halogens is 2. The molecule has 1 aromatic rings. The lowest BCUT2D eigenvalue weighted by Crippen LogP contribution is -2.47. The van der Waals surface area contributed by atoms with Gasteiger partial charge in [-0.25, -0.2) is 8.78 Å². The number of para-hydroxylation sites is 1. The van der Waals surface area contributed by atoms with Gasteiger partial charge in [0.1, 0.15) is 0 Å². The number of benzene rings is 1. The maximum absolute atomic E-state index is 13.8. The molecule has 1 aliphatic carbocycles. The second-order valence-corrected chi connectivity index (χ2v) is 5.34. The summed E-state index contributed by atoms with van der Waals surface area (Å²) in [4.78, 5) is 2.09. The smallest absolute Gasteiger partial charge is 0.193 e. The number of hydrogen-bond acceptors (Lipinski definition) is 3. The number of allylic oxidation sites excluding steroid dienone is 1. The van der Waals surface area contributed by atoms with Gasteiger partial charge in [0.05, 0.1) is 13.2 Å². The Morgan fingerprint density at radius 2 is 1.86 bits per heavy atom. The summed E-state index contributed by atoms with van der Waals surface area (Å²) >= 11 is 0. The van der Waals surface area contributed by atoms with Crippen molar-refractivity contribution in [2.75, 3.05) is 26.3 Å². The summed E-state index contributed by atoms with van der Waals surface area (Å²) in [5, 5.41) is 0. The van der Waals surface area contributed by atoms with E-state index in [2.05, 4.69) is 11.0 Å². The van der Waals surface area contributed by atoms with Crippen molar-refractivity contribution >= 4 is 0 Å². The van der Waals surface area contributed by atoms with Crippen molar-refractivity contribution in [1.82, 2.24) is 4.90 Å². The van der Waals surface area contributed by atoms with Crippen LogP contribution in [0.1, 0.15) is 19.3 Å². The molecule has 114 valence electrons. The van der Waals surface area contributed by atoms with Crippen molar-refractivity contribution < 1.29 is 18.3 Å². The molecule has 1 atom stereocenters. The molecule has 0 radical (unpaired) electrons. The molecule has 3 rings (SSSR count). The van der Waals surface area contributed by atoms with Crippen molar-refractivity contribution in [1.29, 1.82) is 0 Å². The summed E-state index contributed by atoms with van der Waals surface area (Å²) in [6.45, 7) is 2.65. The second-order valence-electron chi connectivity index (χ2n) is 5.34. The van der Waals surface area contributed by atoms with Crippen molar-refractivity contribution in [2.45, 2.75) is 25.5 Å². The first-order chi connectivity index (χ1) is 10.3. The SMILES string of the molecule is Fc1cccc(F)c1O[C@@H](C1=CCCC1)N1CCOCC1. The van der Waals surface area contributed by atoms with Crippen LogP contribution in [0.25, 0.3) is 0 Å². The molecule has 0 bridgehead atoms. The summed E-state index contributed by atoms with van der Waals surface area (Å²) in [7, 11) is 0. The highest BCUT2D eigenvalue weighted by Gasteiger charge is 2.29. The largest absolute Gasteiger partial charge is 0.465 e. The Labute approximate surface area is 123 Å². The van der Waals surface area contributed by atoms with Crippen LogP contribution in [0.4, 0.5) is 8.78 Å². The summed E-state index contributed by atoms with van der Waals surface area (Å²) in [5.74, 6) is -1.61. The molecule has 0 aromatic heterocycles. The predicted molar refractivity (Wildman–Crippen MR) is 75.1 cm³/mol. The van der Waals surface area contributed by atoms with E-state index in [1.165, 1.54) is 18.2 Å². The van der Waals surface area contributed by atoms with E-state index in [0.29, 0.717) is 26.3 Å². The van der Waals surface area contributed by atoms with E-state index in [9.17, 15) is 8.78 Å². The normalized spacial score (nSPS) is 21.1. The highest BCUT2D eigenvalue weighted by atomic mass is 19.1. The highest BCUT2D eigenvalue weighted by molar-refractivity contribution is 5.28. The Kier molecular flexibility index (Phi) is 4.51. The van der Waals surface area contributed by atoms with Crippen LogP contribution in [0.5, 0.6) is 5.75 Å². The Hall–Kier alpha value is -1.46. The van der Waals surface area contributed by atoms with Crippen LogP contribution >= 0.6 is 0 Å². The maximum Gasteiger partial charge on any atom is 0.193 e. The monoisotopic (exact) mass is 295 g/mol. The minimum absolute atomic E-state index is 0.290. The van der Waals surface area contributed by atoms with Gasteiger partial charge < -0.3 is 9.47 Å². The van der Waals surface area contributed by atoms with Crippen LogP contribution in [0.2, 0.25) is 0 Å². The van der Waals surface area contributed by atoms with Crippen LogP contribution in [-0.4, -0.2) is 37.4 Å². The van der Waals surface area contributed by atoms with Crippen molar-refractivity contribution in [2.24, 2.45) is 0 Å². The molecule has 0 N–H and O–H groups in total. The highest BCUT2D eigenvalue weighted by Crippen LogP contribution is 2.30. The molecule has 5 heteroatoms. The lowest BCUT2D eigenvalue weighted by atomic mass is 10.1. The van der Waals surface area contributed by atoms with E-state index in [-0.39, 0.29) is 5.75 Å². The molecule has 1 saturated heterocycles. The third-order valence-corrected chi connectivity index (χ3v) is 3.92. The van der Waals surface area contributed by atoms with E-state index in [0.717, 1.165) is 24.8 Å². The standard InChI is InChI=1S/C16H19F2NO2/c17-13-6-3-7-14(18)15(13)21-16(12-4-1-2-5-12)19-8-10-20-11-9-19/h3-4,6-7,16H,1-2,5,8-11H2/t16-/m0/s1. The zero-order chi connectivity index (χ0) is 14.7. The van der Waals surface area contributed by atoms with Crippen molar-refractivity contribution in [3.63, 3.8) is 0 Å². The van der Waals surface area contributed by atoms with E-state index in [1.807, 2.05) is 0 Å². The molecular weight excluding hydrogens is 276 g/mol. The van der Waals surface area contributed by atoms with Gasteiger partial charge in [0, 0.05) is 13.1 Å². The number of morpholine rings is 1. The predicted octanol–water partition coefficient (Wildman–Crippen LogP) is 3.11. The fourth-order valence-electron chi connectivity index (χ4n) is 2.82. The van der Waals surface area contributed by atoms with E-state index >= 15 is 0 Å². The van der Waals surface area contributed by atoms with Gasteiger partial charge in [-0.2, -0.15) is 0 Å². The molecule has 1 fully saturated rings. The Balaban J connectivity index is 1.84. The molecular formula is C16H19F2NO2. The molecule has 21 heavy (non-hydrogen) atoms. The zero-order valence-corrected chi connectivity index (χ0v) is 11.9. The number of ether oxygens (including phenoxy) is 2. The first-order valence-corrected chi connectivity index (χ1v) is 7.37. The third kappa shape index (κ3) is 3.24. The van der Waals surface area contributed by atoms with Crippen LogP contribution in [-0.2, 0) is 4.74 Å².